The summed E-state index contributed by atoms with van der Waals surface area (Å²) in [4.78, 5) is 14.6. The van der Waals surface area contributed by atoms with E-state index in [9.17, 15) is 13.2 Å². The van der Waals surface area contributed by atoms with E-state index < -0.39 is 10.0 Å². The number of hydrogen-bond acceptors (Lipinski definition) is 4. The Morgan fingerprint density at radius 2 is 1.72 bits per heavy atom. The molecule has 148 valence electrons. The fraction of sp³-hybridized carbons (Fsp3) is 0.136. The van der Waals surface area contributed by atoms with Gasteiger partial charge in [-0.25, -0.2) is 8.42 Å². The van der Waals surface area contributed by atoms with Gasteiger partial charge < -0.3 is 9.64 Å². The van der Waals surface area contributed by atoms with Crippen LogP contribution in [-0.4, -0.2) is 28.0 Å². The zero-order chi connectivity index (χ0) is 20.4. The van der Waals surface area contributed by atoms with Gasteiger partial charge in [-0.05, 0) is 66.6 Å². The van der Waals surface area contributed by atoms with Crippen molar-refractivity contribution in [2.45, 2.75) is 11.3 Å². The number of sulfonamides is 1. The van der Waals surface area contributed by atoms with Gasteiger partial charge in [-0.1, -0.05) is 18.2 Å². The molecule has 0 radical (unpaired) electrons. The number of anilines is 2. The lowest BCUT2D eigenvalue weighted by Crippen LogP contribution is -2.28. The van der Waals surface area contributed by atoms with Crippen LogP contribution >= 0.6 is 0 Å². The molecule has 1 heterocycles. The number of fused-ring (bicyclic) bond motifs is 1. The van der Waals surface area contributed by atoms with Crippen LogP contribution in [0.5, 0.6) is 5.75 Å². The standard InChI is InChI=1S/C22H20N2O4S/c1-28-19-9-7-18(8-10-19)23-29(26,27)20-11-12-21-17(15-20)13-14-24(21)22(25)16-5-3-2-4-6-16/h2-12,15,23H,13-14H2,1H3. The van der Waals surface area contributed by atoms with Gasteiger partial charge >= 0.3 is 0 Å². The molecule has 0 saturated carbocycles. The molecule has 0 fully saturated rings. The van der Waals surface area contributed by atoms with Crippen LogP contribution in [-0.2, 0) is 16.4 Å². The van der Waals surface area contributed by atoms with Gasteiger partial charge in [0.05, 0.1) is 12.0 Å². The molecule has 7 heteroatoms. The second-order valence-corrected chi connectivity index (χ2v) is 8.38. The number of rotatable bonds is 5. The van der Waals surface area contributed by atoms with E-state index in [1.54, 1.807) is 60.5 Å². The van der Waals surface area contributed by atoms with Gasteiger partial charge in [-0.2, -0.15) is 0 Å². The molecular formula is C22H20N2O4S. The Hall–Kier alpha value is -3.32. The fourth-order valence-corrected chi connectivity index (χ4v) is 4.47. The van der Waals surface area contributed by atoms with Crippen LogP contribution in [0.4, 0.5) is 11.4 Å². The molecule has 6 nitrogen and oxygen atoms in total. The number of ether oxygens (including phenoxy) is 1. The highest BCUT2D eigenvalue weighted by molar-refractivity contribution is 7.92. The summed E-state index contributed by atoms with van der Waals surface area (Å²) >= 11 is 0. The summed E-state index contributed by atoms with van der Waals surface area (Å²) in [6.07, 6.45) is 0.611. The van der Waals surface area contributed by atoms with Crippen molar-refractivity contribution in [3.63, 3.8) is 0 Å². The van der Waals surface area contributed by atoms with Gasteiger partial charge in [-0.15, -0.1) is 0 Å². The van der Waals surface area contributed by atoms with Crippen LogP contribution in [0.15, 0.2) is 77.7 Å². The Balaban J connectivity index is 1.57. The van der Waals surface area contributed by atoms with E-state index in [2.05, 4.69) is 4.72 Å². The van der Waals surface area contributed by atoms with Crippen molar-refractivity contribution < 1.29 is 17.9 Å². The van der Waals surface area contributed by atoms with E-state index >= 15 is 0 Å². The first kappa shape index (κ1) is 19.0. The lowest BCUT2D eigenvalue weighted by Gasteiger charge is -2.18. The Labute approximate surface area is 169 Å². The van der Waals surface area contributed by atoms with Gasteiger partial charge in [-0.3, -0.25) is 9.52 Å². The van der Waals surface area contributed by atoms with E-state index in [0.717, 1.165) is 11.3 Å². The summed E-state index contributed by atoms with van der Waals surface area (Å²) < 4.78 is 33.2. The maximum atomic E-state index is 12.8. The maximum Gasteiger partial charge on any atom is 0.261 e. The molecule has 0 atom stereocenters. The van der Waals surface area contributed by atoms with Gasteiger partial charge in [0.2, 0.25) is 0 Å². The summed E-state index contributed by atoms with van der Waals surface area (Å²) in [5.74, 6) is 0.560. The average molecular weight is 408 g/mol. The predicted molar refractivity (Wildman–Crippen MR) is 112 cm³/mol. The zero-order valence-corrected chi connectivity index (χ0v) is 16.6. The number of hydrogen-bond donors (Lipinski definition) is 1. The third-order valence-corrected chi connectivity index (χ3v) is 6.24. The fourth-order valence-electron chi connectivity index (χ4n) is 3.37. The van der Waals surface area contributed by atoms with Crippen LogP contribution in [0.25, 0.3) is 0 Å². The summed E-state index contributed by atoms with van der Waals surface area (Å²) in [5.41, 5.74) is 2.65. The Morgan fingerprint density at radius 1 is 1.00 bits per heavy atom. The quantitative estimate of drug-likeness (QED) is 0.699. The number of carbonyl (C=O) groups excluding carboxylic acids is 1. The molecule has 1 aliphatic heterocycles. The number of benzene rings is 3. The Kier molecular flexibility index (Phi) is 4.98. The van der Waals surface area contributed by atoms with Gasteiger partial charge in [0.15, 0.2) is 0 Å². The zero-order valence-electron chi connectivity index (χ0n) is 15.8. The minimum absolute atomic E-state index is 0.0867. The van der Waals surface area contributed by atoms with Crippen LogP contribution in [0.1, 0.15) is 15.9 Å². The number of methoxy groups -OCH3 is 1. The average Bonchev–Trinajstić information content (AvgIpc) is 3.17. The molecule has 3 aromatic rings. The Morgan fingerprint density at radius 3 is 2.41 bits per heavy atom. The maximum absolute atomic E-state index is 12.8. The molecule has 3 aromatic carbocycles. The molecule has 1 amide bonds. The van der Waals surface area contributed by atoms with E-state index in [4.69, 9.17) is 4.74 Å². The van der Waals surface area contributed by atoms with Crippen molar-refractivity contribution in [1.82, 2.24) is 0 Å². The molecule has 0 spiro atoms. The highest BCUT2D eigenvalue weighted by Crippen LogP contribution is 2.32. The highest BCUT2D eigenvalue weighted by Gasteiger charge is 2.27. The first-order chi connectivity index (χ1) is 14.0. The van der Waals surface area contributed by atoms with Crippen molar-refractivity contribution in [3.05, 3.63) is 83.9 Å². The first-order valence-corrected chi connectivity index (χ1v) is 10.6. The predicted octanol–water partition coefficient (Wildman–Crippen LogP) is 3.70. The molecule has 29 heavy (non-hydrogen) atoms. The molecular weight excluding hydrogens is 388 g/mol. The van der Waals surface area contributed by atoms with Crippen molar-refractivity contribution in [1.29, 1.82) is 0 Å². The largest absolute Gasteiger partial charge is 0.497 e. The minimum Gasteiger partial charge on any atom is -0.497 e. The van der Waals surface area contributed by atoms with Crippen molar-refractivity contribution in [3.8, 4) is 5.75 Å². The molecule has 0 aromatic heterocycles. The van der Waals surface area contributed by atoms with E-state index in [1.165, 1.54) is 6.07 Å². The van der Waals surface area contributed by atoms with Gasteiger partial charge in [0.1, 0.15) is 5.75 Å². The minimum atomic E-state index is -3.74. The smallest absolute Gasteiger partial charge is 0.261 e. The van der Waals surface area contributed by atoms with Gasteiger partial charge in [0, 0.05) is 23.5 Å². The second-order valence-electron chi connectivity index (χ2n) is 6.70. The topological polar surface area (TPSA) is 75.7 Å². The molecule has 0 bridgehead atoms. The number of nitrogens with one attached hydrogen (secondary N) is 1. The lowest BCUT2D eigenvalue weighted by molar-refractivity contribution is 0.0989. The molecule has 1 aliphatic rings. The van der Waals surface area contributed by atoms with Crippen molar-refractivity contribution in [2.24, 2.45) is 0 Å². The molecule has 1 N–H and O–H groups in total. The van der Waals surface area contributed by atoms with Crippen LogP contribution in [0.2, 0.25) is 0 Å². The third kappa shape index (κ3) is 3.82. The second kappa shape index (κ2) is 7.60. The first-order valence-electron chi connectivity index (χ1n) is 9.15. The van der Waals surface area contributed by atoms with E-state index in [1.807, 2.05) is 18.2 Å². The highest BCUT2D eigenvalue weighted by atomic mass is 32.2. The van der Waals surface area contributed by atoms with Crippen LogP contribution in [0, 0.1) is 0 Å². The van der Waals surface area contributed by atoms with Crippen molar-refractivity contribution >= 4 is 27.3 Å². The summed E-state index contributed by atoms with van der Waals surface area (Å²) in [6, 6.07) is 20.6. The molecule has 0 aliphatic carbocycles. The third-order valence-electron chi connectivity index (χ3n) is 4.86. The number of amides is 1. The van der Waals surface area contributed by atoms with Crippen molar-refractivity contribution in [2.75, 3.05) is 23.3 Å². The monoisotopic (exact) mass is 408 g/mol. The lowest BCUT2D eigenvalue weighted by atomic mass is 10.1. The number of nitrogens with zero attached hydrogens (tertiary/aromatic N) is 1. The number of carbonyl (C=O) groups is 1. The summed E-state index contributed by atoms with van der Waals surface area (Å²) in [6.45, 7) is 0.526. The summed E-state index contributed by atoms with van der Waals surface area (Å²) in [7, 11) is -2.19. The Bertz CT molecular complexity index is 1140. The van der Waals surface area contributed by atoms with E-state index in [0.29, 0.717) is 30.0 Å². The molecule has 4 rings (SSSR count). The normalized spacial score (nSPS) is 13.1. The van der Waals surface area contributed by atoms with Crippen LogP contribution < -0.4 is 14.4 Å². The molecule has 0 saturated heterocycles. The van der Waals surface area contributed by atoms with Crippen LogP contribution in [0.3, 0.4) is 0 Å². The van der Waals surface area contributed by atoms with E-state index in [-0.39, 0.29) is 10.8 Å². The summed E-state index contributed by atoms with van der Waals surface area (Å²) in [5, 5.41) is 0. The van der Waals surface area contributed by atoms with Gasteiger partial charge in [0.25, 0.3) is 15.9 Å². The SMILES string of the molecule is COc1ccc(NS(=O)(=O)c2ccc3c(c2)CCN3C(=O)c2ccccc2)cc1. The molecule has 0 unspecified atom stereocenters.